The zero-order chi connectivity index (χ0) is 9.10. The Hall–Kier alpha value is -0.800. The van der Waals surface area contributed by atoms with Gasteiger partial charge in [-0.05, 0) is 19.2 Å². The van der Waals surface area contributed by atoms with Crippen LogP contribution in [0.3, 0.4) is 0 Å². The van der Waals surface area contributed by atoms with E-state index in [1.807, 2.05) is 12.1 Å². The van der Waals surface area contributed by atoms with Crippen LogP contribution in [0, 0.1) is 0 Å². The van der Waals surface area contributed by atoms with Crippen LogP contribution in [0.5, 0.6) is 0 Å². The molecular formula is C10H16N2O. The summed E-state index contributed by atoms with van der Waals surface area (Å²) < 4.78 is 5.31. The number of rotatable bonds is 2. The van der Waals surface area contributed by atoms with Gasteiger partial charge in [0.2, 0.25) is 0 Å². The van der Waals surface area contributed by atoms with Crippen molar-refractivity contribution in [3.63, 3.8) is 0 Å². The van der Waals surface area contributed by atoms with E-state index in [0.29, 0.717) is 6.04 Å². The molecule has 2 heterocycles. The molecule has 3 heteroatoms. The van der Waals surface area contributed by atoms with Gasteiger partial charge in [-0.25, -0.2) is 0 Å². The van der Waals surface area contributed by atoms with Crippen molar-refractivity contribution in [3.05, 3.63) is 24.2 Å². The van der Waals surface area contributed by atoms with Gasteiger partial charge in [-0.1, -0.05) is 0 Å². The van der Waals surface area contributed by atoms with Crippen LogP contribution in [0.4, 0.5) is 0 Å². The van der Waals surface area contributed by atoms with E-state index in [0.717, 1.165) is 31.8 Å². The number of hydrogen-bond donors (Lipinski definition) is 1. The summed E-state index contributed by atoms with van der Waals surface area (Å²) in [5, 5.41) is 3.49. The standard InChI is InChI=1S/C10H16N2O/c1-12-5-4-11-9(8-12)7-10-3-2-6-13-10/h2-3,6,9,11H,4-5,7-8H2,1H3. The molecule has 1 aromatic rings. The first-order valence-corrected chi connectivity index (χ1v) is 4.79. The van der Waals surface area contributed by atoms with Gasteiger partial charge >= 0.3 is 0 Å². The lowest BCUT2D eigenvalue weighted by Gasteiger charge is -2.30. The summed E-state index contributed by atoms with van der Waals surface area (Å²) in [6, 6.07) is 4.53. The molecule has 0 saturated carbocycles. The van der Waals surface area contributed by atoms with Gasteiger partial charge in [-0.2, -0.15) is 0 Å². The van der Waals surface area contributed by atoms with E-state index in [9.17, 15) is 0 Å². The minimum absolute atomic E-state index is 0.546. The first-order valence-electron chi connectivity index (χ1n) is 4.79. The van der Waals surface area contributed by atoms with Crippen LogP contribution < -0.4 is 5.32 Å². The third kappa shape index (κ3) is 2.32. The number of piperazine rings is 1. The Morgan fingerprint density at radius 1 is 1.69 bits per heavy atom. The maximum atomic E-state index is 5.31. The molecule has 0 spiro atoms. The second-order valence-electron chi connectivity index (χ2n) is 3.70. The third-order valence-electron chi connectivity index (χ3n) is 2.49. The van der Waals surface area contributed by atoms with Gasteiger partial charge < -0.3 is 14.6 Å². The zero-order valence-corrected chi connectivity index (χ0v) is 7.99. The molecule has 13 heavy (non-hydrogen) atoms. The smallest absolute Gasteiger partial charge is 0.105 e. The van der Waals surface area contributed by atoms with E-state index in [2.05, 4.69) is 17.3 Å². The molecule has 1 unspecified atom stereocenters. The zero-order valence-electron chi connectivity index (χ0n) is 7.99. The molecule has 1 aliphatic heterocycles. The van der Waals surface area contributed by atoms with Crippen molar-refractivity contribution in [2.45, 2.75) is 12.5 Å². The largest absolute Gasteiger partial charge is 0.469 e. The highest BCUT2D eigenvalue weighted by Crippen LogP contribution is 2.06. The highest BCUT2D eigenvalue weighted by Gasteiger charge is 2.17. The Balaban J connectivity index is 1.87. The second kappa shape index (κ2) is 3.94. The molecule has 0 aromatic carbocycles. The van der Waals surface area contributed by atoms with Gasteiger partial charge in [0, 0.05) is 32.1 Å². The maximum Gasteiger partial charge on any atom is 0.105 e. The molecule has 0 radical (unpaired) electrons. The molecule has 72 valence electrons. The van der Waals surface area contributed by atoms with E-state index in [4.69, 9.17) is 4.42 Å². The molecule has 1 N–H and O–H groups in total. The quantitative estimate of drug-likeness (QED) is 0.727. The molecule has 3 nitrogen and oxygen atoms in total. The lowest BCUT2D eigenvalue weighted by Crippen LogP contribution is -2.49. The van der Waals surface area contributed by atoms with Crippen LogP contribution >= 0.6 is 0 Å². The summed E-state index contributed by atoms with van der Waals surface area (Å²) in [6.07, 6.45) is 2.74. The van der Waals surface area contributed by atoms with E-state index in [1.165, 1.54) is 0 Å². The number of likely N-dealkylation sites (N-methyl/N-ethyl adjacent to an activating group) is 1. The van der Waals surface area contributed by atoms with Gasteiger partial charge in [0.15, 0.2) is 0 Å². The summed E-state index contributed by atoms with van der Waals surface area (Å²) in [5.74, 6) is 1.08. The number of nitrogens with one attached hydrogen (secondary N) is 1. The molecule has 2 rings (SSSR count). The Kier molecular flexibility index (Phi) is 2.66. The molecule has 1 atom stereocenters. The van der Waals surface area contributed by atoms with Crippen LogP contribution in [0.25, 0.3) is 0 Å². The average molecular weight is 180 g/mol. The van der Waals surface area contributed by atoms with Gasteiger partial charge in [0.25, 0.3) is 0 Å². The fourth-order valence-corrected chi connectivity index (χ4v) is 1.80. The summed E-state index contributed by atoms with van der Waals surface area (Å²) in [5.41, 5.74) is 0. The van der Waals surface area contributed by atoms with Crippen LogP contribution in [-0.4, -0.2) is 37.6 Å². The lowest BCUT2D eigenvalue weighted by molar-refractivity contribution is 0.233. The number of hydrogen-bond acceptors (Lipinski definition) is 3. The van der Waals surface area contributed by atoms with Gasteiger partial charge in [-0.15, -0.1) is 0 Å². The van der Waals surface area contributed by atoms with E-state index in [1.54, 1.807) is 6.26 Å². The summed E-state index contributed by atoms with van der Waals surface area (Å²) >= 11 is 0. The highest BCUT2D eigenvalue weighted by atomic mass is 16.3. The fourth-order valence-electron chi connectivity index (χ4n) is 1.80. The Bertz CT molecular complexity index is 245. The molecule has 1 aliphatic rings. The summed E-state index contributed by atoms with van der Waals surface area (Å²) in [7, 11) is 2.16. The number of furan rings is 1. The minimum Gasteiger partial charge on any atom is -0.469 e. The highest BCUT2D eigenvalue weighted by molar-refractivity contribution is 5.01. The Morgan fingerprint density at radius 3 is 3.31 bits per heavy atom. The van der Waals surface area contributed by atoms with Crippen molar-refractivity contribution in [1.29, 1.82) is 0 Å². The Morgan fingerprint density at radius 2 is 2.62 bits per heavy atom. The average Bonchev–Trinajstić information content (AvgIpc) is 2.57. The first-order chi connectivity index (χ1) is 6.34. The SMILES string of the molecule is CN1CCNC(Cc2ccco2)C1. The molecule has 0 amide bonds. The number of nitrogens with zero attached hydrogens (tertiary/aromatic N) is 1. The predicted molar refractivity (Wildman–Crippen MR) is 51.7 cm³/mol. The van der Waals surface area contributed by atoms with Crippen molar-refractivity contribution < 1.29 is 4.42 Å². The van der Waals surface area contributed by atoms with Crippen LogP contribution in [0.1, 0.15) is 5.76 Å². The van der Waals surface area contributed by atoms with Crippen LogP contribution in [0.2, 0.25) is 0 Å². The third-order valence-corrected chi connectivity index (χ3v) is 2.49. The Labute approximate surface area is 78.7 Å². The van der Waals surface area contributed by atoms with E-state index in [-0.39, 0.29) is 0 Å². The lowest BCUT2D eigenvalue weighted by atomic mass is 10.1. The summed E-state index contributed by atoms with van der Waals surface area (Å²) in [6.45, 7) is 3.34. The van der Waals surface area contributed by atoms with E-state index < -0.39 is 0 Å². The molecule has 1 aromatic heterocycles. The van der Waals surface area contributed by atoms with Crippen LogP contribution in [0.15, 0.2) is 22.8 Å². The van der Waals surface area contributed by atoms with E-state index >= 15 is 0 Å². The predicted octanol–water partition coefficient (Wildman–Crippen LogP) is 0.726. The molecule has 0 aliphatic carbocycles. The topological polar surface area (TPSA) is 28.4 Å². The molecule has 1 fully saturated rings. The van der Waals surface area contributed by atoms with Gasteiger partial charge in [-0.3, -0.25) is 0 Å². The van der Waals surface area contributed by atoms with Gasteiger partial charge in [0.05, 0.1) is 6.26 Å². The summed E-state index contributed by atoms with van der Waals surface area (Å²) in [4.78, 5) is 2.35. The second-order valence-corrected chi connectivity index (χ2v) is 3.70. The molecular weight excluding hydrogens is 164 g/mol. The van der Waals surface area contributed by atoms with Crippen molar-refractivity contribution in [2.75, 3.05) is 26.7 Å². The maximum absolute atomic E-state index is 5.31. The minimum atomic E-state index is 0.546. The fraction of sp³-hybridized carbons (Fsp3) is 0.600. The van der Waals surface area contributed by atoms with Crippen LogP contribution in [-0.2, 0) is 6.42 Å². The van der Waals surface area contributed by atoms with Gasteiger partial charge in [0.1, 0.15) is 5.76 Å². The van der Waals surface area contributed by atoms with Crippen molar-refractivity contribution in [3.8, 4) is 0 Å². The monoisotopic (exact) mass is 180 g/mol. The van der Waals surface area contributed by atoms with Crippen molar-refractivity contribution in [1.82, 2.24) is 10.2 Å². The first kappa shape index (κ1) is 8.78. The van der Waals surface area contributed by atoms with Crippen molar-refractivity contribution >= 4 is 0 Å². The molecule has 1 saturated heterocycles. The van der Waals surface area contributed by atoms with Crippen molar-refractivity contribution in [2.24, 2.45) is 0 Å². The molecule has 0 bridgehead atoms. The normalized spacial score (nSPS) is 24.8.